The zero-order chi connectivity index (χ0) is 19.2. The molecule has 0 bridgehead atoms. The maximum Gasteiger partial charge on any atom is 0.124 e. The molecule has 1 aromatic carbocycles. The van der Waals surface area contributed by atoms with Gasteiger partial charge in [-0.2, -0.15) is 0 Å². The summed E-state index contributed by atoms with van der Waals surface area (Å²) in [5.74, 6) is 1.32. The summed E-state index contributed by atoms with van der Waals surface area (Å²) in [6.45, 7) is 13.4. The maximum atomic E-state index is 5.12. The minimum Gasteiger partial charge on any atom is -0.240 e. The van der Waals surface area contributed by atoms with Gasteiger partial charge in [0.05, 0.1) is 10.6 Å². The lowest BCUT2D eigenvalue weighted by molar-refractivity contribution is 0.166. The number of nitrogens with zero attached hydrogens (tertiary/aromatic N) is 1. The number of rotatable bonds is 4. The summed E-state index contributed by atoms with van der Waals surface area (Å²) in [4.78, 5) is 6.59. The first-order chi connectivity index (χ1) is 13.0. The van der Waals surface area contributed by atoms with E-state index >= 15 is 0 Å². The van der Waals surface area contributed by atoms with Crippen molar-refractivity contribution >= 4 is 16.9 Å². The molecule has 2 aliphatic carbocycles. The Balaban J connectivity index is 1.82. The Kier molecular flexibility index (Phi) is 4.88. The van der Waals surface area contributed by atoms with Crippen molar-refractivity contribution in [2.24, 2.45) is 17.3 Å². The van der Waals surface area contributed by atoms with Crippen molar-refractivity contribution in [1.82, 2.24) is 4.98 Å². The Bertz CT molecular complexity index is 886. The quantitative estimate of drug-likeness (QED) is 0.504. The zero-order valence-electron chi connectivity index (χ0n) is 17.1. The fourth-order valence-corrected chi connectivity index (χ4v) is 6.53. The molecule has 0 spiro atoms. The van der Waals surface area contributed by atoms with Gasteiger partial charge in [-0.05, 0) is 62.4 Å². The van der Waals surface area contributed by atoms with Crippen molar-refractivity contribution in [3.05, 3.63) is 58.6 Å². The van der Waals surface area contributed by atoms with E-state index in [-0.39, 0.29) is 0 Å². The number of aryl methyl sites for hydroxylation is 1. The van der Waals surface area contributed by atoms with Crippen LogP contribution in [0.1, 0.15) is 62.6 Å². The third kappa shape index (κ3) is 3.02. The Morgan fingerprint density at radius 1 is 1.26 bits per heavy atom. The summed E-state index contributed by atoms with van der Waals surface area (Å²) in [6, 6.07) is 8.82. The average Bonchev–Trinajstić information content (AvgIpc) is 3.11. The summed E-state index contributed by atoms with van der Waals surface area (Å²) in [6.07, 6.45) is 8.52. The summed E-state index contributed by atoms with van der Waals surface area (Å²) < 4.78 is 0. The van der Waals surface area contributed by atoms with Gasteiger partial charge < -0.3 is 0 Å². The molecule has 0 aliphatic heterocycles. The molecule has 1 nitrogen and oxygen atoms in total. The van der Waals surface area contributed by atoms with E-state index in [0.29, 0.717) is 17.3 Å². The lowest BCUT2D eigenvalue weighted by Crippen LogP contribution is -2.40. The molecule has 0 N–H and O–H groups in total. The molecule has 4 rings (SSSR count). The molecule has 1 heterocycles. The highest BCUT2D eigenvalue weighted by molar-refractivity contribution is 7.16. The first-order valence-electron chi connectivity index (χ1n) is 10.4. The summed E-state index contributed by atoms with van der Waals surface area (Å²) in [7, 11) is 0. The third-order valence-electron chi connectivity index (χ3n) is 7.04. The van der Waals surface area contributed by atoms with Crippen LogP contribution in [0.3, 0.4) is 0 Å². The molecule has 142 valence electrons. The molecular formula is C25H31NS. The summed E-state index contributed by atoms with van der Waals surface area (Å²) in [5.41, 5.74) is 7.16. The predicted octanol–water partition coefficient (Wildman–Crippen LogP) is 7.47. The molecule has 0 saturated carbocycles. The predicted molar refractivity (Wildman–Crippen MR) is 118 cm³/mol. The van der Waals surface area contributed by atoms with Gasteiger partial charge in [0.25, 0.3) is 0 Å². The topological polar surface area (TPSA) is 12.9 Å². The maximum absolute atomic E-state index is 5.12. The highest BCUT2D eigenvalue weighted by atomic mass is 32.1. The SMILES string of the molecule is C=C(C)[C@@H]1CC=C2c3sc(-c4ccc(C)cc4)nc3CC(CC)C2(CC)C1. The zero-order valence-corrected chi connectivity index (χ0v) is 18.0. The van der Waals surface area contributed by atoms with Crippen LogP contribution in [0.2, 0.25) is 0 Å². The lowest BCUT2D eigenvalue weighted by atomic mass is 9.55. The second-order valence-electron chi connectivity index (χ2n) is 8.58. The molecule has 0 fully saturated rings. The summed E-state index contributed by atoms with van der Waals surface area (Å²) >= 11 is 1.91. The van der Waals surface area contributed by atoms with Crippen molar-refractivity contribution in [1.29, 1.82) is 0 Å². The van der Waals surface area contributed by atoms with E-state index in [1.165, 1.54) is 51.5 Å². The highest BCUT2D eigenvalue weighted by Gasteiger charge is 2.48. The van der Waals surface area contributed by atoms with E-state index in [4.69, 9.17) is 4.98 Å². The molecular weight excluding hydrogens is 346 g/mol. The first-order valence-corrected chi connectivity index (χ1v) is 11.2. The number of aromatic nitrogens is 1. The van der Waals surface area contributed by atoms with Gasteiger partial charge >= 0.3 is 0 Å². The standard InChI is InChI=1S/C25H31NS/c1-6-20-14-22-23(27-24(26-22)18-10-8-17(5)9-11-18)21-13-12-19(16(3)4)15-25(20,21)7-2/h8-11,13,19-20H,3,6-7,12,14-15H2,1-2,4-5H3/t19-,20?,25?/m1/s1. The molecule has 27 heavy (non-hydrogen) atoms. The van der Waals surface area contributed by atoms with Crippen LogP contribution < -0.4 is 0 Å². The Labute approximate surface area is 168 Å². The minimum atomic E-state index is 0.306. The van der Waals surface area contributed by atoms with Crippen LogP contribution in [-0.4, -0.2) is 4.98 Å². The molecule has 0 saturated heterocycles. The van der Waals surface area contributed by atoms with E-state index in [1.54, 1.807) is 5.57 Å². The van der Waals surface area contributed by atoms with Crippen LogP contribution in [0.4, 0.5) is 0 Å². The van der Waals surface area contributed by atoms with E-state index < -0.39 is 0 Å². The van der Waals surface area contributed by atoms with E-state index in [1.807, 2.05) is 11.3 Å². The van der Waals surface area contributed by atoms with Gasteiger partial charge in [0.1, 0.15) is 5.01 Å². The van der Waals surface area contributed by atoms with Crippen molar-refractivity contribution in [3.8, 4) is 10.6 Å². The number of allylic oxidation sites excluding steroid dienone is 3. The second-order valence-corrected chi connectivity index (χ2v) is 9.58. The number of thiazole rings is 1. The smallest absolute Gasteiger partial charge is 0.124 e. The van der Waals surface area contributed by atoms with Crippen LogP contribution in [0, 0.1) is 24.2 Å². The third-order valence-corrected chi connectivity index (χ3v) is 8.22. The largest absolute Gasteiger partial charge is 0.240 e. The van der Waals surface area contributed by atoms with Crippen LogP contribution in [0.15, 0.2) is 42.5 Å². The number of hydrogen-bond acceptors (Lipinski definition) is 2. The van der Waals surface area contributed by atoms with Crippen LogP contribution in [0.25, 0.3) is 16.1 Å². The van der Waals surface area contributed by atoms with E-state index in [9.17, 15) is 0 Å². The molecule has 2 aliphatic rings. The summed E-state index contributed by atoms with van der Waals surface area (Å²) in [5, 5.41) is 1.18. The van der Waals surface area contributed by atoms with Crippen molar-refractivity contribution in [2.45, 2.75) is 59.8 Å². The average molecular weight is 378 g/mol. The van der Waals surface area contributed by atoms with Gasteiger partial charge in [-0.15, -0.1) is 11.3 Å². The van der Waals surface area contributed by atoms with Gasteiger partial charge in [-0.1, -0.05) is 68.3 Å². The van der Waals surface area contributed by atoms with Gasteiger partial charge in [0, 0.05) is 5.56 Å². The molecule has 0 amide bonds. The van der Waals surface area contributed by atoms with Crippen molar-refractivity contribution in [2.75, 3.05) is 0 Å². The Morgan fingerprint density at radius 3 is 2.63 bits per heavy atom. The van der Waals surface area contributed by atoms with Gasteiger partial charge in [-0.3, -0.25) is 0 Å². The fraction of sp³-hybridized carbons (Fsp3) is 0.480. The molecule has 2 unspecified atom stereocenters. The van der Waals surface area contributed by atoms with Crippen LogP contribution in [-0.2, 0) is 6.42 Å². The number of hydrogen-bond donors (Lipinski definition) is 0. The molecule has 0 radical (unpaired) electrons. The molecule has 3 atom stereocenters. The van der Waals surface area contributed by atoms with Crippen LogP contribution >= 0.6 is 11.3 Å². The number of fused-ring (bicyclic) bond motifs is 3. The van der Waals surface area contributed by atoms with E-state index in [0.717, 1.165) is 12.8 Å². The lowest BCUT2D eigenvalue weighted by Gasteiger charge is -2.49. The van der Waals surface area contributed by atoms with Crippen molar-refractivity contribution in [3.63, 3.8) is 0 Å². The van der Waals surface area contributed by atoms with Gasteiger partial charge in [0.2, 0.25) is 0 Å². The molecule has 2 heteroatoms. The molecule has 2 aromatic rings. The number of benzene rings is 1. The first kappa shape index (κ1) is 18.7. The van der Waals surface area contributed by atoms with E-state index in [2.05, 4.69) is 64.6 Å². The fourth-order valence-electron chi connectivity index (χ4n) is 5.28. The second kappa shape index (κ2) is 7.05. The van der Waals surface area contributed by atoms with Crippen LogP contribution in [0.5, 0.6) is 0 Å². The van der Waals surface area contributed by atoms with Crippen molar-refractivity contribution < 1.29 is 0 Å². The minimum absolute atomic E-state index is 0.306. The van der Waals surface area contributed by atoms with Gasteiger partial charge in [0.15, 0.2) is 0 Å². The monoisotopic (exact) mass is 377 g/mol. The normalized spacial score (nSPS) is 26.9. The highest BCUT2D eigenvalue weighted by Crippen LogP contribution is 2.59. The van der Waals surface area contributed by atoms with Gasteiger partial charge in [-0.25, -0.2) is 4.98 Å². The molecule has 1 aromatic heterocycles. The Morgan fingerprint density at radius 2 is 2.00 bits per heavy atom. The Hall–Kier alpha value is -1.67.